The Labute approximate surface area is 125 Å². The first-order valence-corrected chi connectivity index (χ1v) is 7.45. The summed E-state index contributed by atoms with van der Waals surface area (Å²) >= 11 is 0. The summed E-state index contributed by atoms with van der Waals surface area (Å²) in [6, 6.07) is 3.30. The molecule has 5 nitrogen and oxygen atoms in total. The molecule has 1 fully saturated rings. The first kappa shape index (κ1) is 15.8. The molecule has 5 heteroatoms. The zero-order valence-electron chi connectivity index (χ0n) is 13.2. The van der Waals surface area contributed by atoms with Gasteiger partial charge in [0.05, 0.1) is 23.3 Å². The summed E-state index contributed by atoms with van der Waals surface area (Å²) in [6.07, 6.45) is 3.34. The van der Waals surface area contributed by atoms with Crippen LogP contribution < -0.4 is 4.74 Å². The van der Waals surface area contributed by atoms with E-state index in [0.29, 0.717) is 18.0 Å². The van der Waals surface area contributed by atoms with Gasteiger partial charge in [-0.1, -0.05) is 0 Å². The summed E-state index contributed by atoms with van der Waals surface area (Å²) in [5, 5.41) is 10.2. The maximum absolute atomic E-state index is 12.6. The molecule has 1 saturated heterocycles. The number of rotatable bonds is 4. The second-order valence-electron chi connectivity index (χ2n) is 6.36. The Morgan fingerprint density at radius 1 is 1.48 bits per heavy atom. The Kier molecular flexibility index (Phi) is 4.52. The van der Waals surface area contributed by atoms with Crippen molar-refractivity contribution < 1.29 is 14.6 Å². The third kappa shape index (κ3) is 3.73. The molecule has 1 aromatic heterocycles. The molecule has 1 N–H and O–H groups in total. The normalized spacial score (nSPS) is 19.1. The highest BCUT2D eigenvalue weighted by Crippen LogP contribution is 2.28. The van der Waals surface area contributed by atoms with Crippen molar-refractivity contribution in [3.63, 3.8) is 0 Å². The number of hydrogen-bond donors (Lipinski definition) is 1. The fourth-order valence-electron chi connectivity index (χ4n) is 2.73. The van der Waals surface area contributed by atoms with Gasteiger partial charge in [-0.15, -0.1) is 0 Å². The molecule has 2 heterocycles. The zero-order chi connectivity index (χ0) is 15.6. The lowest BCUT2D eigenvalue weighted by atomic mass is 9.96. The molecule has 0 saturated carbocycles. The molecule has 1 aromatic rings. The van der Waals surface area contributed by atoms with Crippen molar-refractivity contribution in [3.05, 3.63) is 23.9 Å². The first-order valence-electron chi connectivity index (χ1n) is 7.45. The molecule has 0 radical (unpaired) electrons. The Bertz CT molecular complexity index is 491. The van der Waals surface area contributed by atoms with E-state index in [2.05, 4.69) is 4.98 Å². The summed E-state index contributed by atoms with van der Waals surface area (Å²) in [5.74, 6) is 0.435. The second-order valence-corrected chi connectivity index (χ2v) is 6.36. The number of aliphatic hydroxyl groups is 1. The van der Waals surface area contributed by atoms with E-state index < -0.39 is 5.60 Å². The lowest BCUT2D eigenvalue weighted by molar-refractivity contribution is 0.000312. The number of carbonyl (C=O) groups excluding carboxylic acids is 1. The number of carbonyl (C=O) groups is 1. The lowest BCUT2D eigenvalue weighted by Crippen LogP contribution is -2.48. The van der Waals surface area contributed by atoms with Gasteiger partial charge in [-0.3, -0.25) is 4.79 Å². The van der Waals surface area contributed by atoms with Crippen LogP contribution in [0.25, 0.3) is 0 Å². The molecule has 1 amide bonds. The highest BCUT2D eigenvalue weighted by atomic mass is 16.5. The van der Waals surface area contributed by atoms with Crippen molar-refractivity contribution in [2.24, 2.45) is 0 Å². The number of amides is 1. The standard InChI is InChI=1S/C16H24N2O3/c1-11(2)21-14-8-7-12(10-17-14)15(19)18-9-5-6-13(18)16(3,4)20/h7-8,10-11,13,20H,5-6,9H2,1-4H3. The van der Waals surface area contributed by atoms with Crippen LogP contribution in [0.4, 0.5) is 0 Å². The Morgan fingerprint density at radius 3 is 2.71 bits per heavy atom. The van der Waals surface area contributed by atoms with E-state index in [9.17, 15) is 9.90 Å². The van der Waals surface area contributed by atoms with Crippen molar-refractivity contribution in [1.82, 2.24) is 9.88 Å². The van der Waals surface area contributed by atoms with E-state index in [1.165, 1.54) is 0 Å². The van der Waals surface area contributed by atoms with E-state index in [1.807, 2.05) is 13.8 Å². The van der Waals surface area contributed by atoms with Crippen LogP contribution in [-0.2, 0) is 0 Å². The predicted octanol–water partition coefficient (Wildman–Crippen LogP) is 2.24. The quantitative estimate of drug-likeness (QED) is 0.924. The van der Waals surface area contributed by atoms with Gasteiger partial charge >= 0.3 is 0 Å². The van der Waals surface area contributed by atoms with Gasteiger partial charge in [0, 0.05) is 18.8 Å². The molecular weight excluding hydrogens is 268 g/mol. The van der Waals surface area contributed by atoms with Gasteiger partial charge in [0.1, 0.15) is 0 Å². The van der Waals surface area contributed by atoms with Crippen molar-refractivity contribution in [1.29, 1.82) is 0 Å². The molecule has 1 atom stereocenters. The molecule has 116 valence electrons. The number of pyridine rings is 1. The Morgan fingerprint density at radius 2 is 2.19 bits per heavy atom. The summed E-state index contributed by atoms with van der Waals surface area (Å²) in [7, 11) is 0. The highest BCUT2D eigenvalue weighted by Gasteiger charge is 2.38. The van der Waals surface area contributed by atoms with Crippen LogP contribution in [-0.4, -0.2) is 45.2 Å². The average molecular weight is 292 g/mol. The molecule has 21 heavy (non-hydrogen) atoms. The smallest absolute Gasteiger partial charge is 0.255 e. The predicted molar refractivity (Wildman–Crippen MR) is 80.4 cm³/mol. The Hall–Kier alpha value is -1.62. The lowest BCUT2D eigenvalue weighted by Gasteiger charge is -2.33. The average Bonchev–Trinajstić information content (AvgIpc) is 2.87. The third-order valence-corrected chi connectivity index (χ3v) is 3.67. The molecule has 2 rings (SSSR count). The number of hydrogen-bond acceptors (Lipinski definition) is 4. The van der Waals surface area contributed by atoms with E-state index in [-0.39, 0.29) is 18.1 Å². The minimum Gasteiger partial charge on any atom is -0.475 e. The SMILES string of the molecule is CC(C)Oc1ccc(C(=O)N2CCCC2C(C)(C)O)cn1. The summed E-state index contributed by atoms with van der Waals surface area (Å²) in [6.45, 7) is 8.04. The van der Waals surface area contributed by atoms with Gasteiger partial charge in [-0.05, 0) is 46.6 Å². The maximum Gasteiger partial charge on any atom is 0.255 e. The Balaban J connectivity index is 2.12. The summed E-state index contributed by atoms with van der Waals surface area (Å²) in [5.41, 5.74) is -0.359. The number of likely N-dealkylation sites (tertiary alicyclic amines) is 1. The number of ether oxygens (including phenoxy) is 1. The van der Waals surface area contributed by atoms with Crippen LogP contribution in [0.2, 0.25) is 0 Å². The van der Waals surface area contributed by atoms with E-state index in [4.69, 9.17) is 4.74 Å². The van der Waals surface area contributed by atoms with Crippen LogP contribution in [0.5, 0.6) is 5.88 Å². The third-order valence-electron chi connectivity index (χ3n) is 3.67. The molecule has 1 aliphatic rings. The molecule has 0 bridgehead atoms. The van der Waals surface area contributed by atoms with E-state index in [1.54, 1.807) is 37.1 Å². The van der Waals surface area contributed by atoms with Crippen LogP contribution >= 0.6 is 0 Å². The topological polar surface area (TPSA) is 62.7 Å². The molecule has 0 aliphatic carbocycles. The van der Waals surface area contributed by atoms with E-state index >= 15 is 0 Å². The van der Waals surface area contributed by atoms with Crippen molar-refractivity contribution in [3.8, 4) is 5.88 Å². The number of nitrogens with zero attached hydrogens (tertiary/aromatic N) is 2. The minimum atomic E-state index is -0.889. The van der Waals surface area contributed by atoms with Crippen LogP contribution in [0.1, 0.15) is 50.9 Å². The van der Waals surface area contributed by atoms with Crippen LogP contribution in [0.15, 0.2) is 18.3 Å². The van der Waals surface area contributed by atoms with Crippen molar-refractivity contribution >= 4 is 5.91 Å². The maximum atomic E-state index is 12.6. The van der Waals surface area contributed by atoms with Gasteiger partial charge < -0.3 is 14.7 Å². The van der Waals surface area contributed by atoms with Crippen LogP contribution in [0, 0.1) is 0 Å². The second kappa shape index (κ2) is 6.02. The van der Waals surface area contributed by atoms with Gasteiger partial charge in [-0.25, -0.2) is 4.98 Å². The van der Waals surface area contributed by atoms with Gasteiger partial charge in [0.15, 0.2) is 0 Å². The monoisotopic (exact) mass is 292 g/mol. The molecule has 1 aliphatic heterocycles. The zero-order valence-corrected chi connectivity index (χ0v) is 13.2. The van der Waals surface area contributed by atoms with Gasteiger partial charge in [0.2, 0.25) is 5.88 Å². The first-order chi connectivity index (χ1) is 9.79. The number of aromatic nitrogens is 1. The largest absolute Gasteiger partial charge is 0.475 e. The fraction of sp³-hybridized carbons (Fsp3) is 0.625. The van der Waals surface area contributed by atoms with Crippen molar-refractivity contribution in [2.45, 2.75) is 58.3 Å². The fourth-order valence-corrected chi connectivity index (χ4v) is 2.73. The molecular formula is C16H24N2O3. The summed E-state index contributed by atoms with van der Waals surface area (Å²) < 4.78 is 5.47. The molecule has 0 spiro atoms. The van der Waals surface area contributed by atoms with Crippen molar-refractivity contribution in [2.75, 3.05) is 6.54 Å². The van der Waals surface area contributed by atoms with Gasteiger partial charge in [-0.2, -0.15) is 0 Å². The van der Waals surface area contributed by atoms with Crippen LogP contribution in [0.3, 0.4) is 0 Å². The minimum absolute atomic E-state index is 0.0530. The van der Waals surface area contributed by atoms with Gasteiger partial charge in [0.25, 0.3) is 5.91 Å². The summed E-state index contributed by atoms with van der Waals surface area (Å²) in [4.78, 5) is 18.5. The highest BCUT2D eigenvalue weighted by molar-refractivity contribution is 5.94. The molecule has 0 aromatic carbocycles. The van der Waals surface area contributed by atoms with E-state index in [0.717, 1.165) is 12.8 Å². The molecule has 1 unspecified atom stereocenters.